The number of rotatable bonds is 6. The molecule has 5 heterocycles. The van der Waals surface area contributed by atoms with E-state index in [1.807, 2.05) is 83.7 Å². The Balaban J connectivity index is 0.000000165. The van der Waals surface area contributed by atoms with Crippen LogP contribution >= 0.6 is 11.3 Å². The van der Waals surface area contributed by atoms with E-state index >= 15 is 0 Å². The van der Waals surface area contributed by atoms with Gasteiger partial charge in [0.1, 0.15) is 6.20 Å². The van der Waals surface area contributed by atoms with Gasteiger partial charge in [-0.3, -0.25) is 4.79 Å². The summed E-state index contributed by atoms with van der Waals surface area (Å²) >= 11 is 1.73. The Labute approximate surface area is 461 Å². The molecule has 6 nitrogen and oxygen atoms in total. The van der Waals surface area contributed by atoms with Crippen molar-refractivity contribution >= 4 is 70.8 Å². The molecule has 366 valence electrons. The molecule has 0 aliphatic heterocycles. The van der Waals surface area contributed by atoms with Crippen LogP contribution in [0.5, 0.6) is 0 Å². The number of allylic oxidation sites excluding steroid dienone is 2. The molecule has 0 aliphatic carbocycles. The number of aliphatic hydroxyl groups excluding tert-OH is 1. The molecule has 0 saturated heterocycles. The minimum absolute atomic E-state index is 0. The zero-order chi connectivity index (χ0) is 49.2. The number of fused-ring (bicyclic) bond motifs is 7. The molecule has 0 saturated carbocycles. The van der Waals surface area contributed by atoms with E-state index in [-0.39, 0.29) is 51.8 Å². The summed E-state index contributed by atoms with van der Waals surface area (Å²) in [7, 11) is 0. The van der Waals surface area contributed by atoms with E-state index in [1.54, 1.807) is 11.3 Å². The second-order valence-electron chi connectivity index (χ2n) is 16.9. The molecule has 74 heavy (non-hydrogen) atoms. The maximum Gasteiger partial charge on any atom is 0.155 e. The van der Waals surface area contributed by atoms with Crippen LogP contribution in [0.25, 0.3) is 92.5 Å². The third-order valence-electron chi connectivity index (χ3n) is 12.0. The summed E-state index contributed by atoms with van der Waals surface area (Å²) in [6.07, 6.45) is 8.00. The molecule has 1 N–H and O–H groups in total. The van der Waals surface area contributed by atoms with E-state index in [2.05, 4.69) is 196 Å². The number of benzene rings is 8. The van der Waals surface area contributed by atoms with Gasteiger partial charge in [0.15, 0.2) is 5.78 Å². The van der Waals surface area contributed by atoms with Gasteiger partial charge >= 0.3 is 0 Å². The molecule has 0 fully saturated rings. The van der Waals surface area contributed by atoms with Crippen LogP contribution in [0.4, 0.5) is 0 Å². The number of aromatic nitrogens is 4. The third kappa shape index (κ3) is 11.8. The molecule has 13 aromatic rings. The number of ketones is 1. The number of thiophene rings is 1. The predicted octanol–water partition coefficient (Wildman–Crippen LogP) is 15.9. The van der Waals surface area contributed by atoms with Crippen molar-refractivity contribution in [3.8, 4) is 38.8 Å². The standard InChI is InChI=1S/C36H24N2.C13H8NS.C11H8N.C5H8O2.2Ir/c1-5-13-33-29(9-1)30-10-2-6-14-34(30)37(33)27-21-17-25(18-22-27)26-19-23-28(24-20-26)38-35-15-7-3-11-31(35)32-12-4-8-16-36(32)38;1-2-7-12-10(5-1)9-13(15-12)11-6-3-4-8-14-11;1-3-7-11(8-4-1)12-9-5-2-6-10-12;1-4(6)3-5(2)7;;/h1-24H;1-8H;1-7,9H;3,6H,1-2H3;;/q;2*-1;;;. The summed E-state index contributed by atoms with van der Waals surface area (Å²) < 4.78 is 7.89. The van der Waals surface area contributed by atoms with Crippen LogP contribution in [0.15, 0.2) is 255 Å². The van der Waals surface area contributed by atoms with Crippen molar-refractivity contribution in [1.29, 1.82) is 0 Å². The molecule has 0 spiro atoms. The van der Waals surface area contributed by atoms with E-state index < -0.39 is 0 Å². The third-order valence-corrected chi connectivity index (χ3v) is 13.1. The molecule has 2 radical (unpaired) electrons. The van der Waals surface area contributed by atoms with Crippen molar-refractivity contribution in [2.24, 2.45) is 0 Å². The van der Waals surface area contributed by atoms with E-state index in [0.29, 0.717) is 0 Å². The summed E-state index contributed by atoms with van der Waals surface area (Å²) in [4.78, 5) is 15.4. The second-order valence-corrected chi connectivity index (χ2v) is 18.0. The van der Waals surface area contributed by atoms with E-state index in [4.69, 9.17) is 5.11 Å². The summed E-state index contributed by atoms with van der Waals surface area (Å²) in [6, 6.07) is 86.8. The first-order chi connectivity index (χ1) is 35.4. The van der Waals surface area contributed by atoms with Crippen molar-refractivity contribution < 1.29 is 54.7 Å². The van der Waals surface area contributed by atoms with Crippen LogP contribution in [0.2, 0.25) is 0 Å². The van der Waals surface area contributed by atoms with E-state index in [1.165, 1.54) is 96.1 Å². The zero-order valence-electron chi connectivity index (χ0n) is 40.4. The largest absolute Gasteiger partial charge is 0.512 e. The van der Waals surface area contributed by atoms with E-state index in [0.717, 1.165) is 16.3 Å². The van der Waals surface area contributed by atoms with Gasteiger partial charge < -0.3 is 23.8 Å². The average molecular weight is 1330 g/mol. The Morgan fingerprint density at radius 2 is 1.01 bits per heavy atom. The number of hydrogen-bond acceptors (Lipinski definition) is 4. The van der Waals surface area contributed by atoms with Gasteiger partial charge in [-0.15, -0.1) is 35.7 Å². The van der Waals surface area contributed by atoms with Crippen molar-refractivity contribution in [1.82, 2.24) is 14.1 Å². The quantitative estimate of drug-likeness (QED) is 0.0781. The predicted molar refractivity (Wildman–Crippen MR) is 297 cm³/mol. The second kappa shape index (κ2) is 24.7. The van der Waals surface area contributed by atoms with Gasteiger partial charge in [-0.2, -0.15) is 24.3 Å². The first kappa shape index (κ1) is 52.5. The molecule has 0 aliphatic rings. The molecule has 0 atom stereocenters. The van der Waals surface area contributed by atoms with Gasteiger partial charge in [0.2, 0.25) is 0 Å². The number of hydrogen-bond donors (Lipinski definition) is 1. The molecule has 5 aromatic heterocycles. The van der Waals surface area contributed by atoms with Crippen LogP contribution < -0.4 is 4.57 Å². The first-order valence-corrected chi connectivity index (χ1v) is 24.4. The molecular formula is C65H48Ir2N4O2S-2. The molecule has 0 amide bonds. The number of carbonyl (C=O) groups excluding carboxylic acids is 1. The Morgan fingerprint density at radius 3 is 1.43 bits per heavy atom. The normalized spacial score (nSPS) is 10.8. The summed E-state index contributed by atoms with van der Waals surface area (Å²) in [5.74, 6) is -0.0625. The molecule has 9 heteroatoms. The number of pyridine rings is 2. The van der Waals surface area contributed by atoms with Gasteiger partial charge in [0, 0.05) is 96.8 Å². The monoisotopic (exact) mass is 1330 g/mol. The van der Waals surface area contributed by atoms with Crippen LogP contribution in [0.3, 0.4) is 0 Å². The maximum absolute atomic E-state index is 10.0. The van der Waals surface area contributed by atoms with Gasteiger partial charge in [-0.25, -0.2) is 11.3 Å². The molecule has 13 rings (SSSR count). The fraction of sp³-hybridized carbons (Fsp3) is 0.0308. The SMILES string of the molecule is CC(=O)C=C(C)O.[Ir].[Ir].[c-]1c(-c2ccccn2)sc2ccccc12.[c-]1ccccc1-[n+]1[c-]cccc1.c1ccc2c(c1)c1ccccc1n2-c1ccc(-c2ccc(-n3c4ccccc4c4ccccc43)cc2)cc1. The zero-order valence-corrected chi connectivity index (χ0v) is 46.0. The van der Waals surface area contributed by atoms with Crippen molar-refractivity contribution in [2.45, 2.75) is 13.8 Å². The first-order valence-electron chi connectivity index (χ1n) is 23.6. The molecular weight excluding hydrogens is 1290 g/mol. The number of carbonyl (C=O) groups is 1. The summed E-state index contributed by atoms with van der Waals surface area (Å²) in [5, 5.41) is 14.7. The summed E-state index contributed by atoms with van der Waals surface area (Å²) in [5.41, 5.74) is 11.7. The Hall–Kier alpha value is -7.87. The fourth-order valence-corrected chi connectivity index (χ4v) is 9.85. The number of aliphatic hydroxyl groups is 1. The van der Waals surface area contributed by atoms with Gasteiger partial charge in [0.05, 0.1) is 34.0 Å². The number of para-hydroxylation sites is 5. The average Bonchev–Trinajstić information content (AvgIpc) is 4.13. The minimum Gasteiger partial charge on any atom is -0.512 e. The van der Waals surface area contributed by atoms with Crippen molar-refractivity contribution in [2.75, 3.05) is 0 Å². The van der Waals surface area contributed by atoms with Gasteiger partial charge in [-0.05, 0) is 89.1 Å². The molecule has 0 unspecified atom stereocenters. The Bertz CT molecular complexity index is 3630. The maximum atomic E-state index is 10.0. The summed E-state index contributed by atoms with van der Waals surface area (Å²) in [6.45, 7) is 2.85. The minimum atomic E-state index is -0.125. The van der Waals surface area contributed by atoms with Crippen LogP contribution in [-0.2, 0) is 45.0 Å². The number of nitrogens with zero attached hydrogens (tertiary/aromatic N) is 4. The van der Waals surface area contributed by atoms with Gasteiger partial charge in [0.25, 0.3) is 0 Å². The van der Waals surface area contributed by atoms with Crippen LogP contribution in [0.1, 0.15) is 13.8 Å². The van der Waals surface area contributed by atoms with Crippen LogP contribution in [0, 0.1) is 18.3 Å². The van der Waals surface area contributed by atoms with Crippen molar-refractivity contribution in [3.63, 3.8) is 0 Å². The van der Waals surface area contributed by atoms with Gasteiger partial charge in [-0.1, -0.05) is 133 Å². The molecule has 0 bridgehead atoms. The topological polar surface area (TPSA) is 63.9 Å². The fourth-order valence-electron chi connectivity index (χ4n) is 8.87. The Kier molecular flexibility index (Phi) is 17.5. The Morgan fingerprint density at radius 1 is 0.541 bits per heavy atom. The van der Waals surface area contributed by atoms with Crippen molar-refractivity contribution in [3.05, 3.63) is 273 Å². The van der Waals surface area contributed by atoms with E-state index in [9.17, 15) is 4.79 Å². The smallest absolute Gasteiger partial charge is 0.155 e. The molecule has 8 aromatic carbocycles. The van der Waals surface area contributed by atoms with Crippen LogP contribution in [-0.4, -0.2) is 25.0 Å².